The van der Waals surface area contributed by atoms with Gasteiger partial charge in [-0.05, 0) is 48.0 Å². The van der Waals surface area contributed by atoms with Crippen molar-refractivity contribution in [2.45, 2.75) is 6.54 Å². The van der Waals surface area contributed by atoms with Gasteiger partial charge in [0.25, 0.3) is 5.91 Å². The second kappa shape index (κ2) is 8.12. The van der Waals surface area contributed by atoms with E-state index in [9.17, 15) is 9.59 Å². The lowest BCUT2D eigenvalue weighted by atomic mass is 10.1. The van der Waals surface area contributed by atoms with Crippen LogP contribution in [-0.2, 0) is 6.54 Å². The van der Waals surface area contributed by atoms with E-state index in [0.717, 1.165) is 5.56 Å². The fourth-order valence-electron chi connectivity index (χ4n) is 3.18. The van der Waals surface area contributed by atoms with Crippen molar-refractivity contribution in [3.8, 4) is 11.5 Å². The van der Waals surface area contributed by atoms with Gasteiger partial charge in [0.05, 0.1) is 26.3 Å². The Hall–Kier alpha value is -4.07. The number of anilines is 1. The molecule has 152 valence electrons. The Kier molecular flexibility index (Phi) is 5.21. The molecule has 0 fully saturated rings. The highest BCUT2D eigenvalue weighted by Crippen LogP contribution is 2.25. The van der Waals surface area contributed by atoms with E-state index >= 15 is 0 Å². The average Bonchev–Trinajstić information content (AvgIpc) is 3.09. The standard InChI is InChI=1S/C22H20N4O4/c1-29-17-9-10-19(30-2)18(13-17)21(27)23-16-7-5-6-15(12-16)14-26-22(28)25-11-4-3-8-20(25)24-26/h3-13H,14H2,1-2H3,(H,23,27). The van der Waals surface area contributed by atoms with E-state index in [2.05, 4.69) is 10.4 Å². The van der Waals surface area contributed by atoms with Crippen LogP contribution < -0.4 is 20.5 Å². The summed E-state index contributed by atoms with van der Waals surface area (Å²) in [5, 5.41) is 7.20. The second-order valence-corrected chi connectivity index (χ2v) is 6.59. The molecule has 2 aromatic heterocycles. The highest BCUT2D eigenvalue weighted by atomic mass is 16.5. The Bertz CT molecular complexity index is 1280. The third-order valence-electron chi connectivity index (χ3n) is 4.66. The normalized spacial score (nSPS) is 10.7. The molecule has 0 radical (unpaired) electrons. The van der Waals surface area contributed by atoms with Crippen molar-refractivity contribution in [3.05, 3.63) is 88.5 Å². The minimum atomic E-state index is -0.326. The third-order valence-corrected chi connectivity index (χ3v) is 4.66. The van der Waals surface area contributed by atoms with E-state index in [1.807, 2.05) is 18.2 Å². The molecule has 0 unspecified atom stereocenters. The van der Waals surface area contributed by atoms with Crippen LogP contribution in [0.4, 0.5) is 5.69 Å². The molecule has 0 spiro atoms. The molecule has 0 saturated heterocycles. The minimum Gasteiger partial charge on any atom is -0.497 e. The number of carbonyl (C=O) groups excluding carboxylic acids is 1. The molecule has 8 heteroatoms. The average molecular weight is 404 g/mol. The lowest BCUT2D eigenvalue weighted by Crippen LogP contribution is -2.21. The number of pyridine rings is 1. The van der Waals surface area contributed by atoms with Gasteiger partial charge in [-0.2, -0.15) is 0 Å². The van der Waals surface area contributed by atoms with E-state index in [0.29, 0.717) is 28.4 Å². The van der Waals surface area contributed by atoms with Crippen LogP contribution in [0.25, 0.3) is 5.65 Å². The van der Waals surface area contributed by atoms with Crippen molar-refractivity contribution in [1.29, 1.82) is 0 Å². The molecule has 0 atom stereocenters. The van der Waals surface area contributed by atoms with Gasteiger partial charge in [0.1, 0.15) is 11.5 Å². The van der Waals surface area contributed by atoms with E-state index in [1.165, 1.54) is 23.3 Å². The smallest absolute Gasteiger partial charge is 0.350 e. The van der Waals surface area contributed by atoms with Crippen LogP contribution in [0.1, 0.15) is 15.9 Å². The Balaban J connectivity index is 1.57. The minimum absolute atomic E-state index is 0.221. The first-order chi connectivity index (χ1) is 14.6. The molecule has 0 aliphatic heterocycles. The molecule has 4 rings (SSSR count). The van der Waals surface area contributed by atoms with Gasteiger partial charge in [-0.25, -0.2) is 9.48 Å². The number of benzene rings is 2. The summed E-state index contributed by atoms with van der Waals surface area (Å²) >= 11 is 0. The Morgan fingerprint density at radius 1 is 1.03 bits per heavy atom. The van der Waals surface area contributed by atoms with E-state index in [1.54, 1.807) is 48.7 Å². The number of nitrogens with one attached hydrogen (secondary N) is 1. The molecule has 0 saturated carbocycles. The highest BCUT2D eigenvalue weighted by Gasteiger charge is 2.14. The third kappa shape index (κ3) is 3.75. The number of fused-ring (bicyclic) bond motifs is 1. The molecule has 0 aliphatic rings. The number of aromatic nitrogens is 3. The van der Waals surface area contributed by atoms with Gasteiger partial charge in [-0.1, -0.05) is 18.2 Å². The fourth-order valence-corrected chi connectivity index (χ4v) is 3.18. The summed E-state index contributed by atoms with van der Waals surface area (Å²) in [6, 6.07) is 17.7. The Morgan fingerprint density at radius 3 is 2.67 bits per heavy atom. The molecule has 0 bridgehead atoms. The van der Waals surface area contributed by atoms with Gasteiger partial charge in [0.15, 0.2) is 5.65 Å². The van der Waals surface area contributed by atoms with Gasteiger partial charge < -0.3 is 14.8 Å². The fraction of sp³-hybridized carbons (Fsp3) is 0.136. The summed E-state index contributed by atoms with van der Waals surface area (Å²) in [6.07, 6.45) is 1.68. The topological polar surface area (TPSA) is 86.9 Å². The summed E-state index contributed by atoms with van der Waals surface area (Å²) in [7, 11) is 3.04. The number of nitrogens with zero attached hydrogens (tertiary/aromatic N) is 3. The van der Waals surface area contributed by atoms with Gasteiger partial charge in [0.2, 0.25) is 0 Å². The molecule has 8 nitrogen and oxygen atoms in total. The van der Waals surface area contributed by atoms with Crippen molar-refractivity contribution in [1.82, 2.24) is 14.2 Å². The quantitative estimate of drug-likeness (QED) is 0.534. The maximum atomic E-state index is 12.8. The Labute approximate surface area is 172 Å². The molecule has 1 N–H and O–H groups in total. The number of amides is 1. The summed E-state index contributed by atoms with van der Waals surface area (Å²) in [6.45, 7) is 0.284. The lowest BCUT2D eigenvalue weighted by Gasteiger charge is -2.11. The second-order valence-electron chi connectivity index (χ2n) is 6.59. The van der Waals surface area contributed by atoms with Crippen molar-refractivity contribution >= 4 is 17.2 Å². The number of hydrogen-bond donors (Lipinski definition) is 1. The predicted octanol–water partition coefficient (Wildman–Crippen LogP) is 2.81. The van der Waals surface area contributed by atoms with Crippen molar-refractivity contribution in [2.75, 3.05) is 19.5 Å². The van der Waals surface area contributed by atoms with E-state index in [-0.39, 0.29) is 18.1 Å². The van der Waals surface area contributed by atoms with Crippen LogP contribution in [0.2, 0.25) is 0 Å². The number of methoxy groups -OCH3 is 2. The maximum absolute atomic E-state index is 12.8. The van der Waals surface area contributed by atoms with Gasteiger partial charge in [-0.3, -0.25) is 9.20 Å². The van der Waals surface area contributed by atoms with Crippen LogP contribution in [0, 0.1) is 0 Å². The summed E-state index contributed by atoms with van der Waals surface area (Å²) in [5.74, 6) is 0.675. The van der Waals surface area contributed by atoms with Crippen molar-refractivity contribution in [2.24, 2.45) is 0 Å². The van der Waals surface area contributed by atoms with Crippen LogP contribution in [-0.4, -0.2) is 34.3 Å². The largest absolute Gasteiger partial charge is 0.497 e. The summed E-state index contributed by atoms with van der Waals surface area (Å²) < 4.78 is 13.4. The zero-order chi connectivity index (χ0) is 21.1. The van der Waals surface area contributed by atoms with Crippen LogP contribution >= 0.6 is 0 Å². The number of ether oxygens (including phenoxy) is 2. The van der Waals surface area contributed by atoms with E-state index < -0.39 is 0 Å². The highest BCUT2D eigenvalue weighted by molar-refractivity contribution is 6.06. The van der Waals surface area contributed by atoms with Gasteiger partial charge in [-0.15, -0.1) is 5.10 Å². The predicted molar refractivity (Wildman–Crippen MR) is 112 cm³/mol. The molecule has 1 amide bonds. The SMILES string of the molecule is COc1ccc(OC)c(C(=O)Nc2cccc(Cn3nc4ccccn4c3=O)c2)c1. The summed E-state index contributed by atoms with van der Waals surface area (Å²) in [5.41, 5.74) is 2.15. The number of carbonyl (C=O) groups is 1. The maximum Gasteiger partial charge on any atom is 0.350 e. The lowest BCUT2D eigenvalue weighted by molar-refractivity contribution is 0.102. The first-order valence-electron chi connectivity index (χ1n) is 9.25. The van der Waals surface area contributed by atoms with Crippen molar-refractivity contribution < 1.29 is 14.3 Å². The van der Waals surface area contributed by atoms with E-state index in [4.69, 9.17) is 9.47 Å². The molecule has 4 aromatic rings. The van der Waals surface area contributed by atoms with Gasteiger partial charge in [0, 0.05) is 11.9 Å². The van der Waals surface area contributed by atoms with Crippen molar-refractivity contribution in [3.63, 3.8) is 0 Å². The Morgan fingerprint density at radius 2 is 1.90 bits per heavy atom. The number of rotatable bonds is 6. The molecular formula is C22H20N4O4. The van der Waals surface area contributed by atoms with Crippen LogP contribution in [0.3, 0.4) is 0 Å². The monoisotopic (exact) mass is 404 g/mol. The number of hydrogen-bond acceptors (Lipinski definition) is 5. The first kappa shape index (κ1) is 19.3. The molecule has 0 aliphatic carbocycles. The first-order valence-corrected chi connectivity index (χ1v) is 9.25. The summed E-state index contributed by atoms with van der Waals surface area (Å²) in [4.78, 5) is 25.3. The zero-order valence-corrected chi connectivity index (χ0v) is 16.5. The van der Waals surface area contributed by atoms with Crippen LogP contribution in [0.5, 0.6) is 11.5 Å². The van der Waals surface area contributed by atoms with Gasteiger partial charge >= 0.3 is 5.69 Å². The molecule has 2 heterocycles. The molecule has 2 aromatic carbocycles. The molecular weight excluding hydrogens is 384 g/mol. The zero-order valence-electron chi connectivity index (χ0n) is 16.5. The molecule has 30 heavy (non-hydrogen) atoms. The van der Waals surface area contributed by atoms with Crippen LogP contribution in [0.15, 0.2) is 71.7 Å².